The maximum atomic E-state index is 9.59. The van der Waals surface area contributed by atoms with Crippen molar-refractivity contribution in [3.05, 3.63) is 21.9 Å². The third-order valence-corrected chi connectivity index (χ3v) is 3.41. The predicted molar refractivity (Wildman–Crippen MR) is 66.2 cm³/mol. The number of thiophene rings is 1. The van der Waals surface area contributed by atoms with Gasteiger partial charge in [-0.05, 0) is 24.9 Å². The van der Waals surface area contributed by atoms with Crippen molar-refractivity contribution in [1.29, 1.82) is 5.26 Å². The summed E-state index contributed by atoms with van der Waals surface area (Å²) in [7, 11) is 0. The molecule has 4 heteroatoms. The fourth-order valence-electron chi connectivity index (χ4n) is 1.33. The molecule has 0 aromatic carbocycles. The van der Waals surface area contributed by atoms with Gasteiger partial charge in [0.2, 0.25) is 0 Å². The summed E-state index contributed by atoms with van der Waals surface area (Å²) in [6.45, 7) is 5.61. The zero-order valence-electron chi connectivity index (χ0n) is 9.73. The van der Waals surface area contributed by atoms with E-state index < -0.39 is 0 Å². The second-order valence-electron chi connectivity index (χ2n) is 4.19. The maximum absolute atomic E-state index is 9.59. The zero-order chi connectivity index (χ0) is 12.0. The molecule has 88 valence electrons. The van der Waals surface area contributed by atoms with Gasteiger partial charge in [-0.1, -0.05) is 13.8 Å². The van der Waals surface area contributed by atoms with Crippen molar-refractivity contribution in [2.75, 3.05) is 6.54 Å². The van der Waals surface area contributed by atoms with E-state index in [1.165, 1.54) is 0 Å². The lowest BCUT2D eigenvalue weighted by Gasteiger charge is -2.14. The first-order valence-corrected chi connectivity index (χ1v) is 6.37. The first-order valence-electron chi connectivity index (χ1n) is 5.49. The summed E-state index contributed by atoms with van der Waals surface area (Å²) < 4.78 is 0. The molecule has 0 saturated carbocycles. The minimum Gasteiger partial charge on any atom is -0.393 e. The molecule has 1 aromatic rings. The first-order chi connectivity index (χ1) is 7.63. The van der Waals surface area contributed by atoms with Gasteiger partial charge in [0.05, 0.1) is 11.7 Å². The Kier molecular flexibility index (Phi) is 5.47. The lowest BCUT2D eigenvalue weighted by Crippen LogP contribution is -2.23. The molecular formula is C12H18N2OS. The minimum atomic E-state index is -0.231. The zero-order valence-corrected chi connectivity index (χ0v) is 10.5. The summed E-state index contributed by atoms with van der Waals surface area (Å²) in [4.78, 5) is 1.16. The second-order valence-corrected chi connectivity index (χ2v) is 5.19. The van der Waals surface area contributed by atoms with Gasteiger partial charge in [0, 0.05) is 16.8 Å². The number of aliphatic hydroxyl groups is 1. The van der Waals surface area contributed by atoms with Gasteiger partial charge in [-0.15, -0.1) is 11.3 Å². The Morgan fingerprint density at radius 1 is 1.56 bits per heavy atom. The number of hydrogen-bond acceptors (Lipinski definition) is 4. The molecule has 0 fully saturated rings. The van der Waals surface area contributed by atoms with Gasteiger partial charge in [0.15, 0.2) is 0 Å². The van der Waals surface area contributed by atoms with E-state index in [4.69, 9.17) is 5.26 Å². The van der Waals surface area contributed by atoms with Crippen LogP contribution in [0.25, 0.3) is 0 Å². The van der Waals surface area contributed by atoms with Crippen molar-refractivity contribution in [3.8, 4) is 6.07 Å². The largest absolute Gasteiger partial charge is 0.393 e. The summed E-state index contributed by atoms with van der Waals surface area (Å²) in [5.41, 5.74) is 0.726. The Morgan fingerprint density at radius 2 is 2.31 bits per heavy atom. The Balaban J connectivity index is 2.19. The predicted octanol–water partition coefficient (Wildman–Crippen LogP) is 2.12. The van der Waals surface area contributed by atoms with Crippen LogP contribution in [-0.4, -0.2) is 17.8 Å². The van der Waals surface area contributed by atoms with Gasteiger partial charge in [-0.3, -0.25) is 0 Å². The van der Waals surface area contributed by atoms with Crippen LogP contribution in [-0.2, 0) is 6.54 Å². The molecule has 1 aromatic heterocycles. The molecule has 0 saturated heterocycles. The number of rotatable bonds is 6. The standard InChI is InChI=1S/C12H18N2OS/c1-9(2)12(15)3-4-14-7-11-5-10(6-13)8-16-11/h5,8-9,12,14-15H,3-4,7H2,1-2H3. The lowest BCUT2D eigenvalue weighted by molar-refractivity contribution is 0.116. The Morgan fingerprint density at radius 3 is 2.88 bits per heavy atom. The van der Waals surface area contributed by atoms with Crippen molar-refractivity contribution < 1.29 is 5.11 Å². The van der Waals surface area contributed by atoms with Gasteiger partial charge in [0.1, 0.15) is 6.07 Å². The molecule has 2 N–H and O–H groups in total. The third kappa shape index (κ3) is 4.31. The molecule has 1 rings (SSSR count). The van der Waals surface area contributed by atoms with Gasteiger partial charge < -0.3 is 10.4 Å². The molecular weight excluding hydrogens is 220 g/mol. The van der Waals surface area contributed by atoms with Crippen molar-refractivity contribution >= 4 is 11.3 Å². The highest BCUT2D eigenvalue weighted by atomic mass is 32.1. The van der Waals surface area contributed by atoms with Gasteiger partial charge in [-0.2, -0.15) is 5.26 Å². The summed E-state index contributed by atoms with van der Waals surface area (Å²) in [6, 6.07) is 4.01. The van der Waals surface area contributed by atoms with Gasteiger partial charge in [-0.25, -0.2) is 0 Å². The molecule has 0 radical (unpaired) electrons. The van der Waals surface area contributed by atoms with Crippen molar-refractivity contribution in [1.82, 2.24) is 5.32 Å². The van der Waals surface area contributed by atoms with Crippen LogP contribution in [0.15, 0.2) is 11.4 Å². The highest BCUT2D eigenvalue weighted by molar-refractivity contribution is 7.10. The Labute approximate surface area is 101 Å². The van der Waals surface area contributed by atoms with E-state index in [9.17, 15) is 5.11 Å². The van der Waals surface area contributed by atoms with E-state index in [1.807, 2.05) is 25.3 Å². The molecule has 0 aliphatic heterocycles. The normalized spacial score (nSPS) is 12.7. The van der Waals surface area contributed by atoms with E-state index in [1.54, 1.807) is 11.3 Å². The van der Waals surface area contributed by atoms with Crippen molar-refractivity contribution in [2.24, 2.45) is 5.92 Å². The van der Waals surface area contributed by atoms with Gasteiger partial charge >= 0.3 is 0 Å². The molecule has 0 bridgehead atoms. The minimum absolute atomic E-state index is 0.231. The number of hydrogen-bond donors (Lipinski definition) is 2. The van der Waals surface area contributed by atoms with Gasteiger partial charge in [0.25, 0.3) is 0 Å². The first kappa shape index (κ1) is 13.2. The molecule has 3 nitrogen and oxygen atoms in total. The summed E-state index contributed by atoms with van der Waals surface area (Å²) in [6.07, 6.45) is 0.541. The van der Waals surface area contributed by atoms with E-state index in [-0.39, 0.29) is 6.10 Å². The molecule has 0 amide bonds. The molecule has 1 heterocycles. The molecule has 1 unspecified atom stereocenters. The van der Waals surface area contributed by atoms with E-state index in [0.717, 1.165) is 30.0 Å². The number of nitriles is 1. The fraction of sp³-hybridized carbons (Fsp3) is 0.583. The number of nitrogens with zero attached hydrogens (tertiary/aromatic N) is 1. The highest BCUT2D eigenvalue weighted by Gasteiger charge is 2.07. The highest BCUT2D eigenvalue weighted by Crippen LogP contribution is 2.13. The SMILES string of the molecule is CC(C)C(O)CCNCc1cc(C#N)cs1. The number of aliphatic hydroxyl groups excluding tert-OH is 1. The van der Waals surface area contributed by atoms with Crippen molar-refractivity contribution in [3.63, 3.8) is 0 Å². The third-order valence-electron chi connectivity index (χ3n) is 2.47. The number of nitrogens with one attached hydrogen (secondary N) is 1. The van der Waals surface area contributed by atoms with E-state index in [0.29, 0.717) is 5.92 Å². The van der Waals surface area contributed by atoms with Crippen LogP contribution in [0, 0.1) is 17.2 Å². The van der Waals surface area contributed by atoms with Crippen LogP contribution in [0.2, 0.25) is 0 Å². The average molecular weight is 238 g/mol. The van der Waals surface area contributed by atoms with Crippen LogP contribution in [0.1, 0.15) is 30.7 Å². The summed E-state index contributed by atoms with van der Waals surface area (Å²) in [5.74, 6) is 0.314. The topological polar surface area (TPSA) is 56.0 Å². The van der Waals surface area contributed by atoms with Crippen LogP contribution in [0.5, 0.6) is 0 Å². The monoisotopic (exact) mass is 238 g/mol. The Bertz CT molecular complexity index is 354. The van der Waals surface area contributed by atoms with Crippen LogP contribution in [0.4, 0.5) is 0 Å². The fourth-order valence-corrected chi connectivity index (χ4v) is 2.11. The lowest BCUT2D eigenvalue weighted by atomic mass is 10.0. The summed E-state index contributed by atoms with van der Waals surface area (Å²) >= 11 is 1.59. The van der Waals surface area contributed by atoms with Crippen LogP contribution < -0.4 is 5.32 Å². The molecule has 0 aliphatic carbocycles. The molecule has 1 atom stereocenters. The second kappa shape index (κ2) is 6.64. The quantitative estimate of drug-likeness (QED) is 0.746. The molecule has 16 heavy (non-hydrogen) atoms. The summed E-state index contributed by atoms with van der Waals surface area (Å²) in [5, 5.41) is 23.4. The average Bonchev–Trinajstić information content (AvgIpc) is 2.71. The van der Waals surface area contributed by atoms with Crippen LogP contribution >= 0.6 is 11.3 Å². The maximum Gasteiger partial charge on any atom is 0.100 e. The van der Waals surface area contributed by atoms with Crippen LogP contribution in [0.3, 0.4) is 0 Å². The van der Waals surface area contributed by atoms with Crippen molar-refractivity contribution in [2.45, 2.75) is 32.9 Å². The van der Waals surface area contributed by atoms with E-state index in [2.05, 4.69) is 11.4 Å². The smallest absolute Gasteiger partial charge is 0.100 e. The molecule has 0 aliphatic rings. The molecule has 0 spiro atoms. The Hall–Kier alpha value is -0.890. The van der Waals surface area contributed by atoms with E-state index >= 15 is 0 Å².